The quantitative estimate of drug-likeness (QED) is 0.549. The summed E-state index contributed by atoms with van der Waals surface area (Å²) in [6, 6.07) is 4.97. The Balaban J connectivity index is 1.27. The number of halogens is 3. The van der Waals surface area contributed by atoms with Crippen molar-refractivity contribution in [2.75, 3.05) is 32.7 Å². The van der Waals surface area contributed by atoms with Crippen LogP contribution in [0.15, 0.2) is 41.2 Å². The molecule has 32 heavy (non-hydrogen) atoms. The van der Waals surface area contributed by atoms with E-state index >= 15 is 0 Å². The Bertz CT molecular complexity index is 1020. The Morgan fingerprint density at radius 2 is 1.84 bits per heavy atom. The maximum Gasteiger partial charge on any atom is 0.416 e. The van der Waals surface area contributed by atoms with Crippen molar-refractivity contribution in [1.29, 1.82) is 0 Å². The Kier molecular flexibility index (Phi) is 6.61. The summed E-state index contributed by atoms with van der Waals surface area (Å²) in [5.41, 5.74) is -0.434. The molecule has 2 aromatic heterocycles. The summed E-state index contributed by atoms with van der Waals surface area (Å²) in [6.45, 7) is 10.4. The van der Waals surface area contributed by atoms with Gasteiger partial charge in [-0.2, -0.15) is 18.2 Å². The lowest BCUT2D eigenvalue weighted by Gasteiger charge is -2.35. The highest BCUT2D eigenvalue weighted by Crippen LogP contribution is 2.31. The zero-order valence-corrected chi connectivity index (χ0v) is 18.2. The number of hydrogen-bond acceptors (Lipinski definition) is 6. The maximum absolute atomic E-state index is 12.9. The number of nitrogens with zero attached hydrogens (tertiary/aromatic N) is 6. The minimum Gasteiger partial charge on any atom is -0.338 e. The van der Waals surface area contributed by atoms with Gasteiger partial charge in [-0.1, -0.05) is 24.2 Å². The normalized spacial score (nSPS) is 17.0. The van der Waals surface area contributed by atoms with Crippen molar-refractivity contribution in [2.24, 2.45) is 5.92 Å². The van der Waals surface area contributed by atoms with Gasteiger partial charge in [0.1, 0.15) is 5.82 Å². The summed E-state index contributed by atoms with van der Waals surface area (Å²) in [6.07, 6.45) is -0.560. The van der Waals surface area contributed by atoms with Crippen LogP contribution in [-0.4, -0.2) is 62.2 Å². The van der Waals surface area contributed by atoms with Gasteiger partial charge in [0.15, 0.2) is 0 Å². The van der Waals surface area contributed by atoms with Crippen molar-refractivity contribution in [3.05, 3.63) is 53.9 Å². The largest absolute Gasteiger partial charge is 0.416 e. The molecule has 7 nitrogen and oxygen atoms in total. The van der Waals surface area contributed by atoms with Crippen LogP contribution in [0.3, 0.4) is 0 Å². The molecule has 1 atom stereocenters. The molecule has 3 heterocycles. The summed E-state index contributed by atoms with van der Waals surface area (Å²) >= 11 is 0. The molecule has 0 aliphatic carbocycles. The SMILES string of the molecule is Cc1nccn1CC(C)CN1CCN(Cc2nc(-c3cccc(C(F)(F)F)c3)no2)CC1. The monoisotopic (exact) mass is 448 g/mol. The van der Waals surface area contributed by atoms with Crippen molar-refractivity contribution < 1.29 is 17.7 Å². The number of rotatable bonds is 7. The van der Waals surface area contributed by atoms with E-state index in [0.717, 1.165) is 57.2 Å². The third-order valence-corrected chi connectivity index (χ3v) is 5.74. The Morgan fingerprint density at radius 3 is 2.53 bits per heavy atom. The van der Waals surface area contributed by atoms with E-state index < -0.39 is 11.7 Å². The number of piperazine rings is 1. The average molecular weight is 448 g/mol. The molecule has 1 fully saturated rings. The zero-order valence-electron chi connectivity index (χ0n) is 18.2. The van der Waals surface area contributed by atoms with E-state index in [2.05, 4.69) is 36.4 Å². The first-order valence-electron chi connectivity index (χ1n) is 10.7. The number of imidazole rings is 1. The van der Waals surface area contributed by atoms with Gasteiger partial charge in [-0.05, 0) is 25.0 Å². The van der Waals surface area contributed by atoms with Gasteiger partial charge in [-0.15, -0.1) is 0 Å². The Labute approximate surface area is 184 Å². The van der Waals surface area contributed by atoms with Gasteiger partial charge < -0.3 is 14.0 Å². The molecule has 0 amide bonds. The van der Waals surface area contributed by atoms with E-state index in [9.17, 15) is 13.2 Å². The Morgan fingerprint density at radius 1 is 1.09 bits per heavy atom. The maximum atomic E-state index is 12.9. The summed E-state index contributed by atoms with van der Waals surface area (Å²) in [7, 11) is 0. The van der Waals surface area contributed by atoms with Gasteiger partial charge in [-0.3, -0.25) is 4.90 Å². The second-order valence-corrected chi connectivity index (χ2v) is 8.40. The number of aromatic nitrogens is 4. The third kappa shape index (κ3) is 5.55. The first-order valence-corrected chi connectivity index (χ1v) is 10.7. The van der Waals surface area contributed by atoms with Crippen LogP contribution in [0.4, 0.5) is 13.2 Å². The highest BCUT2D eigenvalue weighted by Gasteiger charge is 2.31. The number of aryl methyl sites for hydroxylation is 1. The van der Waals surface area contributed by atoms with Gasteiger partial charge in [0.2, 0.25) is 11.7 Å². The van der Waals surface area contributed by atoms with E-state index in [1.54, 1.807) is 6.07 Å². The second-order valence-electron chi connectivity index (χ2n) is 8.40. The fourth-order valence-corrected chi connectivity index (χ4v) is 4.02. The molecule has 1 unspecified atom stereocenters. The van der Waals surface area contributed by atoms with Gasteiger partial charge in [0, 0.05) is 57.2 Å². The zero-order chi connectivity index (χ0) is 22.7. The van der Waals surface area contributed by atoms with Crippen molar-refractivity contribution in [3.63, 3.8) is 0 Å². The number of hydrogen-bond donors (Lipinski definition) is 0. The van der Waals surface area contributed by atoms with Gasteiger partial charge in [0.25, 0.3) is 0 Å². The van der Waals surface area contributed by atoms with Crippen molar-refractivity contribution >= 4 is 0 Å². The van der Waals surface area contributed by atoms with Crippen molar-refractivity contribution in [3.8, 4) is 11.4 Å². The minimum atomic E-state index is -4.41. The molecule has 1 aromatic carbocycles. The molecule has 1 saturated heterocycles. The summed E-state index contributed by atoms with van der Waals surface area (Å²) in [5, 5.41) is 3.87. The smallest absolute Gasteiger partial charge is 0.338 e. The molecule has 0 radical (unpaired) electrons. The van der Waals surface area contributed by atoms with E-state index in [0.29, 0.717) is 23.9 Å². The number of benzene rings is 1. The van der Waals surface area contributed by atoms with Crippen LogP contribution in [0.25, 0.3) is 11.4 Å². The topological polar surface area (TPSA) is 63.2 Å². The first kappa shape index (κ1) is 22.5. The second kappa shape index (κ2) is 9.41. The Hall–Kier alpha value is -2.72. The van der Waals surface area contributed by atoms with E-state index in [1.807, 2.05) is 19.3 Å². The van der Waals surface area contributed by atoms with Crippen LogP contribution in [0.2, 0.25) is 0 Å². The lowest BCUT2D eigenvalue weighted by molar-refractivity contribution is -0.137. The third-order valence-electron chi connectivity index (χ3n) is 5.74. The fraction of sp³-hybridized carbons (Fsp3) is 0.500. The first-order chi connectivity index (χ1) is 15.3. The number of alkyl halides is 3. The van der Waals surface area contributed by atoms with Gasteiger partial charge in [-0.25, -0.2) is 4.98 Å². The molecule has 172 valence electrons. The average Bonchev–Trinajstić information content (AvgIpc) is 3.38. The van der Waals surface area contributed by atoms with E-state index in [1.165, 1.54) is 6.07 Å². The van der Waals surface area contributed by atoms with Crippen LogP contribution in [0.5, 0.6) is 0 Å². The van der Waals surface area contributed by atoms with Crippen LogP contribution < -0.4 is 0 Å². The fourth-order valence-electron chi connectivity index (χ4n) is 4.02. The summed E-state index contributed by atoms with van der Waals surface area (Å²) in [4.78, 5) is 13.3. The van der Waals surface area contributed by atoms with E-state index in [-0.39, 0.29) is 5.82 Å². The van der Waals surface area contributed by atoms with E-state index in [4.69, 9.17) is 4.52 Å². The molecule has 4 rings (SSSR count). The molecule has 10 heteroatoms. The summed E-state index contributed by atoms with van der Waals surface area (Å²) in [5.74, 6) is 2.13. The van der Waals surface area contributed by atoms with Gasteiger partial charge in [0.05, 0.1) is 12.1 Å². The molecule has 0 spiro atoms. The van der Waals surface area contributed by atoms with Crippen LogP contribution in [0, 0.1) is 12.8 Å². The predicted molar refractivity (Wildman–Crippen MR) is 113 cm³/mol. The molecule has 1 aliphatic heterocycles. The summed E-state index contributed by atoms with van der Waals surface area (Å²) < 4.78 is 46.3. The minimum absolute atomic E-state index is 0.174. The van der Waals surface area contributed by atoms with Crippen LogP contribution in [-0.2, 0) is 19.3 Å². The lowest BCUT2D eigenvalue weighted by atomic mass is 10.1. The molecule has 0 saturated carbocycles. The lowest BCUT2D eigenvalue weighted by Crippen LogP contribution is -2.47. The van der Waals surface area contributed by atoms with Gasteiger partial charge >= 0.3 is 6.18 Å². The van der Waals surface area contributed by atoms with Crippen LogP contribution >= 0.6 is 0 Å². The molecule has 0 N–H and O–H groups in total. The highest BCUT2D eigenvalue weighted by atomic mass is 19.4. The standard InChI is InChI=1S/C22H27F3N6O/c1-16(14-31-7-6-26-17(31)2)13-29-8-10-30(11-9-29)15-20-27-21(28-32-20)18-4-3-5-19(12-18)22(23,24)25/h3-7,12,16H,8-11,13-15H2,1-2H3. The predicted octanol–water partition coefficient (Wildman–Crippen LogP) is 3.71. The van der Waals surface area contributed by atoms with Crippen LogP contribution in [0.1, 0.15) is 24.2 Å². The molecule has 0 bridgehead atoms. The highest BCUT2D eigenvalue weighted by molar-refractivity contribution is 5.55. The molecular formula is C22H27F3N6O. The molecular weight excluding hydrogens is 421 g/mol. The van der Waals surface area contributed by atoms with Crippen molar-refractivity contribution in [1.82, 2.24) is 29.5 Å². The molecule has 3 aromatic rings. The molecule has 1 aliphatic rings. The van der Waals surface area contributed by atoms with Crippen molar-refractivity contribution in [2.45, 2.75) is 33.1 Å².